The summed E-state index contributed by atoms with van der Waals surface area (Å²) >= 11 is 0. The number of rotatable bonds is 30. The van der Waals surface area contributed by atoms with Crippen molar-refractivity contribution in [2.75, 3.05) is 19.8 Å². The average Bonchev–Trinajstić information content (AvgIpc) is 2.99. The molecule has 0 atom stereocenters. The number of aliphatic hydroxyl groups excluding tert-OH is 3. The molecule has 0 aliphatic heterocycles. The predicted octanol–water partition coefficient (Wildman–Crippen LogP) is 10.9. The predicted molar refractivity (Wildman–Crippen MR) is 190 cm³/mol. The van der Waals surface area contributed by atoms with Crippen LogP contribution in [0, 0.1) is 0 Å². The Bertz CT molecular complexity index is 317. The summed E-state index contributed by atoms with van der Waals surface area (Å²) in [6.07, 6.45) is 39.9. The molecule has 266 valence electrons. The van der Waals surface area contributed by atoms with Gasteiger partial charge in [0.25, 0.3) is 0 Å². The van der Waals surface area contributed by atoms with Crippen LogP contribution in [-0.2, 0) is 0 Å². The molecule has 0 bridgehead atoms. The van der Waals surface area contributed by atoms with Crippen LogP contribution >= 0.6 is 8.60 Å². The Kier molecular flexibility index (Phi) is 63.6. The molecule has 0 aromatic rings. The van der Waals surface area contributed by atoms with Crippen LogP contribution in [0.5, 0.6) is 0 Å². The molecule has 7 heteroatoms. The molecule has 0 saturated heterocycles. The highest BCUT2D eigenvalue weighted by atomic mass is 31.2. The molecule has 0 radical (unpaired) electrons. The lowest BCUT2D eigenvalue weighted by Gasteiger charge is -2.00. The Morgan fingerprint density at radius 1 is 0.256 bits per heavy atom. The fourth-order valence-corrected chi connectivity index (χ4v) is 4.80. The first kappa shape index (κ1) is 50.1. The quantitative estimate of drug-likeness (QED) is 0.0343. The highest BCUT2D eigenvalue weighted by Gasteiger charge is 1.93. The van der Waals surface area contributed by atoms with Crippen molar-refractivity contribution in [3.05, 3.63) is 0 Å². The summed E-state index contributed by atoms with van der Waals surface area (Å²) in [6, 6.07) is 0. The number of hydrogen-bond donors (Lipinski definition) is 6. The van der Waals surface area contributed by atoms with Crippen molar-refractivity contribution in [1.29, 1.82) is 0 Å². The van der Waals surface area contributed by atoms with Gasteiger partial charge in [-0.2, -0.15) is 0 Å². The molecule has 43 heavy (non-hydrogen) atoms. The second kappa shape index (κ2) is 54.7. The summed E-state index contributed by atoms with van der Waals surface area (Å²) < 4.78 is 0. The third-order valence-electron chi connectivity index (χ3n) is 7.54. The first-order valence-electron chi connectivity index (χ1n) is 18.7. The molecule has 0 aliphatic carbocycles. The van der Waals surface area contributed by atoms with Crippen LogP contribution in [0.25, 0.3) is 0 Å². The van der Waals surface area contributed by atoms with Gasteiger partial charge in [-0.05, 0) is 19.3 Å². The van der Waals surface area contributed by atoms with E-state index in [9.17, 15) is 0 Å². The minimum absolute atomic E-state index is 0.372. The topological polar surface area (TPSA) is 121 Å². The van der Waals surface area contributed by atoms with E-state index in [0.29, 0.717) is 19.8 Å². The largest absolute Gasteiger partial charge is 0.396 e. The average molecular weight is 641 g/mol. The standard InChI is InChI=1S/3C12H26O.H3O3P/c3*1-2-3-4-5-6-7-8-9-10-11-12-13;1-4(2)3/h3*13H,2-12H2,1H3;1-3H. The third-order valence-corrected chi connectivity index (χ3v) is 7.54. The van der Waals surface area contributed by atoms with Gasteiger partial charge in [0, 0.05) is 19.8 Å². The van der Waals surface area contributed by atoms with Crippen LogP contribution in [0.1, 0.15) is 213 Å². The zero-order valence-electron chi connectivity index (χ0n) is 29.5. The minimum Gasteiger partial charge on any atom is -0.396 e. The molecule has 0 unspecified atom stereocenters. The molecule has 6 nitrogen and oxygen atoms in total. The summed E-state index contributed by atoms with van der Waals surface area (Å²) in [7, 11) is -2.62. The maximum atomic E-state index is 8.57. The second-order valence-electron chi connectivity index (χ2n) is 12.0. The summed E-state index contributed by atoms with van der Waals surface area (Å²) in [5.74, 6) is 0. The van der Waals surface area contributed by atoms with E-state index >= 15 is 0 Å². The Labute approximate surface area is 271 Å². The molecule has 0 spiro atoms. The summed E-state index contributed by atoms with van der Waals surface area (Å²) in [6.45, 7) is 7.89. The van der Waals surface area contributed by atoms with Crippen LogP contribution in [0.2, 0.25) is 0 Å². The Morgan fingerprint density at radius 3 is 0.488 bits per heavy atom. The Hall–Kier alpha value is 0.190. The van der Waals surface area contributed by atoms with Gasteiger partial charge in [-0.3, -0.25) is 0 Å². The first-order valence-corrected chi connectivity index (χ1v) is 19.9. The second-order valence-corrected chi connectivity index (χ2v) is 12.5. The van der Waals surface area contributed by atoms with Gasteiger partial charge in [-0.1, -0.05) is 194 Å². The molecular formula is C36H81O6P. The summed E-state index contributed by atoms with van der Waals surface area (Å²) in [5, 5.41) is 25.7. The Balaban J connectivity index is -0.000000249. The highest BCUT2D eigenvalue weighted by Crippen LogP contribution is 2.12. The van der Waals surface area contributed by atoms with Crippen LogP contribution in [0.3, 0.4) is 0 Å². The minimum atomic E-state index is -2.62. The monoisotopic (exact) mass is 641 g/mol. The number of unbranched alkanes of at least 4 members (excludes halogenated alkanes) is 27. The normalized spacial score (nSPS) is 10.5. The van der Waals surface area contributed by atoms with E-state index in [0.717, 1.165) is 19.3 Å². The lowest BCUT2D eigenvalue weighted by molar-refractivity contribution is 0.282. The van der Waals surface area contributed by atoms with E-state index in [1.165, 1.54) is 173 Å². The number of aliphatic hydroxyl groups is 3. The maximum Gasteiger partial charge on any atom is 0.324 e. The molecule has 0 aromatic carbocycles. The van der Waals surface area contributed by atoms with Crippen molar-refractivity contribution >= 4 is 8.60 Å². The zero-order valence-corrected chi connectivity index (χ0v) is 30.4. The van der Waals surface area contributed by atoms with Gasteiger partial charge in [0.05, 0.1) is 0 Å². The van der Waals surface area contributed by atoms with Gasteiger partial charge in [0.2, 0.25) is 0 Å². The summed E-state index contributed by atoms with van der Waals surface area (Å²) in [5.41, 5.74) is 0. The van der Waals surface area contributed by atoms with Crippen molar-refractivity contribution in [2.45, 2.75) is 213 Å². The maximum absolute atomic E-state index is 8.57. The fraction of sp³-hybridized carbons (Fsp3) is 1.00. The van der Waals surface area contributed by atoms with Crippen molar-refractivity contribution in [2.24, 2.45) is 0 Å². The number of hydrogen-bond acceptors (Lipinski definition) is 6. The van der Waals surface area contributed by atoms with Crippen LogP contribution < -0.4 is 0 Å². The van der Waals surface area contributed by atoms with Crippen LogP contribution in [0.4, 0.5) is 0 Å². The fourth-order valence-electron chi connectivity index (χ4n) is 4.80. The lowest BCUT2D eigenvalue weighted by atomic mass is 10.1. The third kappa shape index (κ3) is 74.8. The molecule has 0 rings (SSSR count). The van der Waals surface area contributed by atoms with E-state index < -0.39 is 8.60 Å². The SMILES string of the molecule is CCCCCCCCCCCCO.CCCCCCCCCCCCO.CCCCCCCCCCCCO.OP(O)O. The van der Waals surface area contributed by atoms with E-state index in [4.69, 9.17) is 30.0 Å². The van der Waals surface area contributed by atoms with Crippen molar-refractivity contribution in [3.63, 3.8) is 0 Å². The smallest absolute Gasteiger partial charge is 0.324 e. The van der Waals surface area contributed by atoms with Crippen molar-refractivity contribution in [1.82, 2.24) is 0 Å². The molecule has 0 saturated carbocycles. The van der Waals surface area contributed by atoms with Gasteiger partial charge in [0.15, 0.2) is 0 Å². The van der Waals surface area contributed by atoms with Crippen LogP contribution in [-0.4, -0.2) is 49.8 Å². The zero-order chi connectivity index (χ0) is 32.9. The van der Waals surface area contributed by atoms with Gasteiger partial charge >= 0.3 is 8.60 Å². The van der Waals surface area contributed by atoms with Gasteiger partial charge in [-0.25, -0.2) is 0 Å². The Morgan fingerprint density at radius 2 is 0.372 bits per heavy atom. The highest BCUT2D eigenvalue weighted by molar-refractivity contribution is 7.38. The molecule has 6 N–H and O–H groups in total. The van der Waals surface area contributed by atoms with Crippen molar-refractivity contribution in [3.8, 4) is 0 Å². The lowest BCUT2D eigenvalue weighted by Crippen LogP contribution is -1.84. The van der Waals surface area contributed by atoms with E-state index in [1.807, 2.05) is 0 Å². The van der Waals surface area contributed by atoms with Crippen molar-refractivity contribution < 1.29 is 30.0 Å². The molecule has 0 aromatic heterocycles. The molecule has 0 heterocycles. The van der Waals surface area contributed by atoms with E-state index in [2.05, 4.69) is 20.8 Å². The molecule has 0 amide bonds. The van der Waals surface area contributed by atoms with Gasteiger partial charge in [-0.15, -0.1) is 0 Å². The van der Waals surface area contributed by atoms with Gasteiger partial charge < -0.3 is 30.0 Å². The van der Waals surface area contributed by atoms with Gasteiger partial charge in [0.1, 0.15) is 0 Å². The van der Waals surface area contributed by atoms with E-state index in [-0.39, 0.29) is 0 Å². The first-order chi connectivity index (χ1) is 21.0. The molecule has 0 fully saturated rings. The molecule has 0 aliphatic rings. The molecular weight excluding hydrogens is 559 g/mol. The van der Waals surface area contributed by atoms with Crippen LogP contribution in [0.15, 0.2) is 0 Å². The van der Waals surface area contributed by atoms with E-state index in [1.54, 1.807) is 0 Å². The summed E-state index contributed by atoms with van der Waals surface area (Å²) in [4.78, 5) is 21.7.